The van der Waals surface area contributed by atoms with Crippen LogP contribution in [0.4, 0.5) is 0 Å². The number of aromatic nitrogens is 2. The predicted octanol–water partition coefficient (Wildman–Crippen LogP) is 3.99. The fourth-order valence-electron chi connectivity index (χ4n) is 2.44. The van der Waals surface area contributed by atoms with E-state index in [0.717, 1.165) is 11.1 Å². The van der Waals surface area contributed by atoms with Gasteiger partial charge in [-0.1, -0.05) is 29.3 Å². The summed E-state index contributed by atoms with van der Waals surface area (Å²) in [5.74, 6) is 0.746. The highest BCUT2D eigenvalue weighted by Gasteiger charge is 2.14. The molecule has 0 saturated heterocycles. The molecule has 1 heterocycles. The number of carbonyl (C=O) groups is 1. The molecule has 3 aromatic rings. The maximum atomic E-state index is 12.1. The second-order valence-electron chi connectivity index (χ2n) is 5.66. The Morgan fingerprint density at radius 1 is 1.19 bits per heavy atom. The van der Waals surface area contributed by atoms with Crippen LogP contribution >= 0.6 is 11.6 Å². The summed E-state index contributed by atoms with van der Waals surface area (Å²) in [4.78, 5) is 12.1. The van der Waals surface area contributed by atoms with Crippen LogP contribution in [-0.4, -0.2) is 23.3 Å². The highest BCUT2D eigenvalue weighted by Crippen LogP contribution is 2.23. The minimum absolute atomic E-state index is 0.0304. The molecular formula is C19H17ClN2O4. The minimum atomic E-state index is -0.444. The van der Waals surface area contributed by atoms with Crippen molar-refractivity contribution < 1.29 is 18.7 Å². The van der Waals surface area contributed by atoms with E-state index in [9.17, 15) is 4.79 Å². The van der Waals surface area contributed by atoms with Crippen molar-refractivity contribution in [2.75, 3.05) is 7.11 Å². The molecule has 0 aliphatic carbocycles. The van der Waals surface area contributed by atoms with Crippen LogP contribution in [0.3, 0.4) is 0 Å². The largest absolute Gasteiger partial charge is 0.496 e. The molecule has 1 aromatic heterocycles. The van der Waals surface area contributed by atoms with Crippen molar-refractivity contribution >= 4 is 17.6 Å². The molecule has 0 amide bonds. The number of nitrogens with zero attached hydrogens (tertiary/aromatic N) is 2. The van der Waals surface area contributed by atoms with E-state index >= 15 is 0 Å². The minimum Gasteiger partial charge on any atom is -0.496 e. The number of hydrogen-bond donors (Lipinski definition) is 0. The highest BCUT2D eigenvalue weighted by atomic mass is 35.5. The van der Waals surface area contributed by atoms with Crippen molar-refractivity contribution in [1.82, 2.24) is 10.2 Å². The van der Waals surface area contributed by atoms with Gasteiger partial charge in [-0.3, -0.25) is 4.79 Å². The van der Waals surface area contributed by atoms with Crippen molar-refractivity contribution in [3.63, 3.8) is 0 Å². The normalized spacial score (nSPS) is 10.6. The summed E-state index contributed by atoms with van der Waals surface area (Å²) >= 11 is 5.96. The average molecular weight is 373 g/mol. The van der Waals surface area contributed by atoms with Crippen LogP contribution in [0, 0.1) is 6.92 Å². The topological polar surface area (TPSA) is 74.5 Å². The van der Waals surface area contributed by atoms with Gasteiger partial charge in [0.15, 0.2) is 6.61 Å². The zero-order chi connectivity index (χ0) is 18.5. The zero-order valence-corrected chi connectivity index (χ0v) is 15.1. The van der Waals surface area contributed by atoms with Gasteiger partial charge in [-0.2, -0.15) is 0 Å². The lowest BCUT2D eigenvalue weighted by molar-refractivity contribution is -0.144. The van der Waals surface area contributed by atoms with Crippen molar-refractivity contribution in [3.8, 4) is 17.2 Å². The van der Waals surface area contributed by atoms with E-state index in [4.69, 9.17) is 25.5 Å². The first kappa shape index (κ1) is 17.9. The molecule has 7 heteroatoms. The van der Waals surface area contributed by atoms with Gasteiger partial charge in [-0.15, -0.1) is 10.2 Å². The maximum absolute atomic E-state index is 12.1. The van der Waals surface area contributed by atoms with Crippen LogP contribution in [0.5, 0.6) is 5.75 Å². The smallest absolute Gasteiger partial charge is 0.310 e. The number of carbonyl (C=O) groups excluding carboxylic acids is 1. The average Bonchev–Trinajstić information content (AvgIpc) is 3.09. The van der Waals surface area contributed by atoms with Gasteiger partial charge in [0.05, 0.1) is 13.5 Å². The summed E-state index contributed by atoms with van der Waals surface area (Å²) in [6, 6.07) is 12.8. The number of halogens is 1. The van der Waals surface area contributed by atoms with Gasteiger partial charge in [0.2, 0.25) is 5.89 Å². The molecule has 3 rings (SSSR count). The first-order chi connectivity index (χ1) is 12.5. The van der Waals surface area contributed by atoms with Crippen LogP contribution in [0.25, 0.3) is 11.5 Å². The molecule has 0 saturated carbocycles. The Morgan fingerprint density at radius 2 is 2.04 bits per heavy atom. The van der Waals surface area contributed by atoms with Gasteiger partial charge in [0.25, 0.3) is 5.89 Å². The molecule has 0 fully saturated rings. The Bertz CT molecular complexity index is 923. The van der Waals surface area contributed by atoms with Gasteiger partial charge < -0.3 is 13.9 Å². The van der Waals surface area contributed by atoms with E-state index in [-0.39, 0.29) is 18.9 Å². The van der Waals surface area contributed by atoms with E-state index < -0.39 is 5.97 Å². The lowest BCUT2D eigenvalue weighted by Gasteiger charge is -2.08. The first-order valence-corrected chi connectivity index (χ1v) is 8.30. The Kier molecular flexibility index (Phi) is 5.53. The second kappa shape index (κ2) is 8.01. The number of hydrogen-bond acceptors (Lipinski definition) is 6. The van der Waals surface area contributed by atoms with E-state index in [1.807, 2.05) is 31.2 Å². The third-order valence-electron chi connectivity index (χ3n) is 3.67. The standard InChI is InChI=1S/C19H17ClN2O4/c1-12-4-3-5-13(8-12)19-22-21-17(26-19)11-25-18(23)10-14-9-15(20)6-7-16(14)24-2/h3-9H,10-11H2,1-2H3. The number of methoxy groups -OCH3 is 1. The van der Waals surface area contributed by atoms with Crippen molar-refractivity contribution in [1.29, 1.82) is 0 Å². The Balaban J connectivity index is 1.61. The number of rotatable bonds is 6. The number of ether oxygens (including phenoxy) is 2. The Labute approximate surface area is 155 Å². The molecule has 0 aliphatic rings. The molecule has 0 atom stereocenters. The van der Waals surface area contributed by atoms with Gasteiger partial charge in [-0.25, -0.2) is 0 Å². The zero-order valence-electron chi connectivity index (χ0n) is 14.4. The lowest BCUT2D eigenvalue weighted by Crippen LogP contribution is -2.09. The third kappa shape index (κ3) is 4.40. The Morgan fingerprint density at radius 3 is 2.81 bits per heavy atom. The summed E-state index contributed by atoms with van der Waals surface area (Å²) in [5, 5.41) is 8.41. The molecule has 26 heavy (non-hydrogen) atoms. The summed E-state index contributed by atoms with van der Waals surface area (Å²) in [6.07, 6.45) is 0.0304. The first-order valence-electron chi connectivity index (χ1n) is 7.92. The van der Waals surface area contributed by atoms with Crippen LogP contribution in [0.15, 0.2) is 46.9 Å². The summed E-state index contributed by atoms with van der Waals surface area (Å²) in [7, 11) is 1.53. The van der Waals surface area contributed by atoms with Gasteiger partial charge >= 0.3 is 5.97 Å². The third-order valence-corrected chi connectivity index (χ3v) is 3.90. The molecule has 0 unspecified atom stereocenters. The van der Waals surface area contributed by atoms with Crippen molar-refractivity contribution in [2.24, 2.45) is 0 Å². The van der Waals surface area contributed by atoms with E-state index in [1.54, 1.807) is 18.2 Å². The number of esters is 1. The number of aryl methyl sites for hydroxylation is 1. The molecule has 0 aliphatic heterocycles. The maximum Gasteiger partial charge on any atom is 0.310 e. The summed E-state index contributed by atoms with van der Waals surface area (Å²) < 4.78 is 16.0. The lowest BCUT2D eigenvalue weighted by atomic mass is 10.1. The van der Waals surface area contributed by atoms with Crippen LogP contribution in [0.2, 0.25) is 5.02 Å². The van der Waals surface area contributed by atoms with Gasteiger partial charge in [0.1, 0.15) is 5.75 Å². The molecular weight excluding hydrogens is 356 g/mol. The fraction of sp³-hybridized carbons (Fsp3) is 0.211. The monoisotopic (exact) mass is 372 g/mol. The van der Waals surface area contributed by atoms with Gasteiger partial charge in [0, 0.05) is 16.1 Å². The van der Waals surface area contributed by atoms with E-state index in [0.29, 0.717) is 22.2 Å². The van der Waals surface area contributed by atoms with Crippen LogP contribution < -0.4 is 4.74 Å². The van der Waals surface area contributed by atoms with Crippen LogP contribution in [-0.2, 0) is 22.6 Å². The molecule has 6 nitrogen and oxygen atoms in total. The molecule has 134 valence electrons. The van der Waals surface area contributed by atoms with Crippen molar-refractivity contribution in [3.05, 3.63) is 64.5 Å². The summed E-state index contributed by atoms with van der Waals surface area (Å²) in [5.41, 5.74) is 2.55. The molecule has 2 aromatic carbocycles. The quantitative estimate of drug-likeness (QED) is 0.609. The van der Waals surface area contributed by atoms with Gasteiger partial charge in [-0.05, 0) is 37.3 Å². The predicted molar refractivity (Wildman–Crippen MR) is 96.0 cm³/mol. The van der Waals surface area contributed by atoms with Crippen LogP contribution in [0.1, 0.15) is 17.0 Å². The van der Waals surface area contributed by atoms with Crippen molar-refractivity contribution in [2.45, 2.75) is 20.0 Å². The highest BCUT2D eigenvalue weighted by molar-refractivity contribution is 6.30. The molecule has 0 spiro atoms. The number of benzene rings is 2. The van der Waals surface area contributed by atoms with E-state index in [2.05, 4.69) is 10.2 Å². The van der Waals surface area contributed by atoms with E-state index in [1.165, 1.54) is 7.11 Å². The molecule has 0 N–H and O–H groups in total. The molecule has 0 bridgehead atoms. The fourth-order valence-corrected chi connectivity index (χ4v) is 2.64. The second-order valence-corrected chi connectivity index (χ2v) is 6.10. The Hall–Kier alpha value is -2.86. The molecule has 0 radical (unpaired) electrons. The summed E-state index contributed by atoms with van der Waals surface area (Å²) in [6.45, 7) is 1.88. The SMILES string of the molecule is COc1ccc(Cl)cc1CC(=O)OCc1nnc(-c2cccc(C)c2)o1.